The lowest BCUT2D eigenvalue weighted by Gasteiger charge is -2.16. The van der Waals surface area contributed by atoms with Crippen LogP contribution in [0.25, 0.3) is 0 Å². The summed E-state index contributed by atoms with van der Waals surface area (Å²) in [4.78, 5) is 1.55. The first-order valence-corrected chi connectivity index (χ1v) is 7.11. The lowest BCUT2D eigenvalue weighted by atomic mass is 10.1. The summed E-state index contributed by atoms with van der Waals surface area (Å²) in [6, 6.07) is 3.83. The molecule has 0 spiro atoms. The van der Waals surface area contributed by atoms with Crippen molar-refractivity contribution in [3.05, 3.63) is 23.3 Å². The Hall–Kier alpha value is -0.480. The monoisotopic (exact) mass is 228 g/mol. The molecule has 2 rings (SSSR count). The highest BCUT2D eigenvalue weighted by Crippen LogP contribution is 2.26. The Kier molecular flexibility index (Phi) is 2.58. The molecule has 1 aliphatic heterocycles. The minimum atomic E-state index is -0.947. The van der Waals surface area contributed by atoms with Crippen molar-refractivity contribution in [3.63, 3.8) is 0 Å². The first kappa shape index (κ1) is 10.1. The molecule has 0 fully saturated rings. The molecule has 4 heteroatoms. The molecule has 0 N–H and O–H groups in total. The van der Waals surface area contributed by atoms with Crippen molar-refractivity contribution >= 4 is 21.6 Å². The van der Waals surface area contributed by atoms with Crippen LogP contribution in [-0.2, 0) is 21.6 Å². The maximum Gasteiger partial charge on any atom is 0.0552 e. The van der Waals surface area contributed by atoms with Gasteiger partial charge in [0.2, 0.25) is 0 Å². The molecule has 0 radical (unpaired) electrons. The Morgan fingerprint density at radius 3 is 1.64 bits per heavy atom. The van der Waals surface area contributed by atoms with Crippen LogP contribution in [-0.4, -0.2) is 19.9 Å². The summed E-state index contributed by atoms with van der Waals surface area (Å²) in [6.07, 6.45) is 0. The van der Waals surface area contributed by atoms with Gasteiger partial charge in [-0.25, -0.2) is 0 Å². The van der Waals surface area contributed by atoms with Crippen LogP contribution in [0.2, 0.25) is 0 Å². The fourth-order valence-electron chi connectivity index (χ4n) is 1.49. The molecule has 0 saturated carbocycles. The van der Waals surface area contributed by atoms with Crippen molar-refractivity contribution < 1.29 is 8.42 Å². The van der Waals surface area contributed by atoms with Gasteiger partial charge in [0.25, 0.3) is 0 Å². The number of benzene rings is 1. The van der Waals surface area contributed by atoms with E-state index in [1.54, 1.807) is 0 Å². The lowest BCUT2D eigenvalue weighted by molar-refractivity contribution is 0.669. The summed E-state index contributed by atoms with van der Waals surface area (Å²) in [7, 11) is -1.89. The van der Waals surface area contributed by atoms with Gasteiger partial charge in [0, 0.05) is 11.5 Å². The van der Waals surface area contributed by atoms with Gasteiger partial charge >= 0.3 is 0 Å². The standard InChI is InChI=1S/C10H12O2S2/c1-7-5-9-10(6-8(7)2)14(12)4-3-13(9)11/h5-6H,3-4H2,1-2H3. The molecule has 2 nitrogen and oxygen atoms in total. The van der Waals surface area contributed by atoms with Gasteiger partial charge in [-0.15, -0.1) is 0 Å². The zero-order valence-corrected chi connectivity index (χ0v) is 9.83. The van der Waals surface area contributed by atoms with Crippen LogP contribution in [0.5, 0.6) is 0 Å². The molecule has 76 valence electrons. The number of hydrogen-bond acceptors (Lipinski definition) is 2. The maximum atomic E-state index is 11.7. The SMILES string of the molecule is Cc1cc2c(cc1C)S(=O)CCS2=O. The molecule has 1 aromatic rings. The first-order valence-electron chi connectivity index (χ1n) is 4.47. The molecule has 0 amide bonds. The summed E-state index contributed by atoms with van der Waals surface area (Å²) in [5, 5.41) is 0. The van der Waals surface area contributed by atoms with Crippen molar-refractivity contribution in [2.45, 2.75) is 23.6 Å². The average Bonchev–Trinajstić information content (AvgIpc) is 2.15. The zero-order valence-electron chi connectivity index (χ0n) is 8.20. The minimum absolute atomic E-state index is 0.530. The predicted octanol–water partition coefficient (Wildman–Crippen LogP) is 1.53. The fraction of sp³-hybridized carbons (Fsp3) is 0.400. The van der Waals surface area contributed by atoms with Crippen LogP contribution in [0.3, 0.4) is 0 Å². The van der Waals surface area contributed by atoms with E-state index in [0.29, 0.717) is 11.5 Å². The van der Waals surface area contributed by atoms with Gasteiger partial charge in [-0.2, -0.15) is 0 Å². The molecular formula is C10H12O2S2. The van der Waals surface area contributed by atoms with E-state index in [1.807, 2.05) is 26.0 Å². The van der Waals surface area contributed by atoms with Crippen molar-refractivity contribution in [3.8, 4) is 0 Å². The molecule has 0 bridgehead atoms. The highest BCUT2D eigenvalue weighted by molar-refractivity contribution is 7.91. The van der Waals surface area contributed by atoms with E-state index in [1.165, 1.54) is 0 Å². The second-order valence-corrected chi connectivity index (χ2v) is 6.56. The third-order valence-corrected chi connectivity index (χ3v) is 5.70. The Balaban J connectivity index is 2.68. The van der Waals surface area contributed by atoms with E-state index in [-0.39, 0.29) is 0 Å². The van der Waals surface area contributed by atoms with Gasteiger partial charge in [-0.1, -0.05) is 0 Å². The van der Waals surface area contributed by atoms with Gasteiger partial charge in [-0.05, 0) is 37.1 Å². The van der Waals surface area contributed by atoms with Crippen molar-refractivity contribution in [1.29, 1.82) is 0 Å². The average molecular weight is 228 g/mol. The van der Waals surface area contributed by atoms with E-state index >= 15 is 0 Å². The van der Waals surface area contributed by atoms with Crippen LogP contribution in [0.15, 0.2) is 21.9 Å². The van der Waals surface area contributed by atoms with Gasteiger partial charge in [0.1, 0.15) is 0 Å². The molecule has 0 aromatic heterocycles. The van der Waals surface area contributed by atoms with Gasteiger partial charge in [-0.3, -0.25) is 8.42 Å². The normalized spacial score (nSPS) is 25.9. The fourth-order valence-corrected chi connectivity index (χ4v) is 4.88. The van der Waals surface area contributed by atoms with Crippen molar-refractivity contribution in [2.75, 3.05) is 11.5 Å². The number of aryl methyl sites for hydroxylation is 2. The largest absolute Gasteiger partial charge is 0.254 e. The van der Waals surface area contributed by atoms with Gasteiger partial charge in [0.05, 0.1) is 31.4 Å². The van der Waals surface area contributed by atoms with Crippen LogP contribution in [0.4, 0.5) is 0 Å². The number of hydrogen-bond donors (Lipinski definition) is 0. The Morgan fingerprint density at radius 2 is 1.29 bits per heavy atom. The van der Waals surface area contributed by atoms with E-state index in [4.69, 9.17) is 0 Å². The Bertz CT molecular complexity index is 397. The van der Waals surface area contributed by atoms with E-state index in [2.05, 4.69) is 0 Å². The maximum absolute atomic E-state index is 11.7. The molecule has 2 atom stereocenters. The van der Waals surface area contributed by atoms with Gasteiger partial charge in [0.15, 0.2) is 0 Å². The molecule has 1 heterocycles. The highest BCUT2D eigenvalue weighted by atomic mass is 32.2. The van der Waals surface area contributed by atoms with E-state index in [0.717, 1.165) is 20.9 Å². The summed E-state index contributed by atoms with van der Waals surface area (Å²) in [5.74, 6) is 1.06. The minimum Gasteiger partial charge on any atom is -0.254 e. The molecule has 1 aromatic carbocycles. The van der Waals surface area contributed by atoms with Crippen LogP contribution >= 0.6 is 0 Å². The molecule has 0 saturated heterocycles. The smallest absolute Gasteiger partial charge is 0.0552 e. The highest BCUT2D eigenvalue weighted by Gasteiger charge is 2.22. The Morgan fingerprint density at radius 1 is 0.929 bits per heavy atom. The molecule has 0 aliphatic carbocycles. The Labute approximate surface area is 88.6 Å². The van der Waals surface area contributed by atoms with Crippen LogP contribution in [0.1, 0.15) is 11.1 Å². The van der Waals surface area contributed by atoms with Crippen LogP contribution in [0, 0.1) is 13.8 Å². The third kappa shape index (κ3) is 1.57. The summed E-state index contributed by atoms with van der Waals surface area (Å²) in [5.41, 5.74) is 2.24. The molecular weight excluding hydrogens is 216 g/mol. The van der Waals surface area contributed by atoms with E-state index < -0.39 is 21.6 Å². The predicted molar refractivity (Wildman–Crippen MR) is 58.5 cm³/mol. The number of fused-ring (bicyclic) bond motifs is 1. The second kappa shape index (κ2) is 3.59. The third-order valence-electron chi connectivity index (χ3n) is 2.50. The second-order valence-electron chi connectivity index (χ2n) is 3.48. The molecule has 2 unspecified atom stereocenters. The molecule has 14 heavy (non-hydrogen) atoms. The molecule has 1 aliphatic rings. The summed E-state index contributed by atoms with van der Waals surface area (Å²) >= 11 is 0. The van der Waals surface area contributed by atoms with Gasteiger partial charge < -0.3 is 0 Å². The zero-order chi connectivity index (χ0) is 10.3. The quantitative estimate of drug-likeness (QED) is 0.675. The summed E-state index contributed by atoms with van der Waals surface area (Å²) in [6.45, 7) is 3.98. The topological polar surface area (TPSA) is 34.1 Å². The van der Waals surface area contributed by atoms with Crippen molar-refractivity contribution in [1.82, 2.24) is 0 Å². The van der Waals surface area contributed by atoms with E-state index in [9.17, 15) is 8.42 Å². The first-order chi connectivity index (χ1) is 6.59. The number of rotatable bonds is 0. The summed E-state index contributed by atoms with van der Waals surface area (Å²) < 4.78 is 23.3. The van der Waals surface area contributed by atoms with Crippen LogP contribution < -0.4 is 0 Å². The lowest BCUT2D eigenvalue weighted by Crippen LogP contribution is -2.17. The van der Waals surface area contributed by atoms with Crippen molar-refractivity contribution in [2.24, 2.45) is 0 Å².